The molecule has 2 aromatic heterocycles. The van der Waals surface area contributed by atoms with Crippen LogP contribution in [-0.2, 0) is 6.54 Å². The molecule has 1 saturated heterocycles. The summed E-state index contributed by atoms with van der Waals surface area (Å²) >= 11 is 0. The van der Waals surface area contributed by atoms with Gasteiger partial charge in [0.2, 0.25) is 5.89 Å². The predicted molar refractivity (Wildman–Crippen MR) is 82.5 cm³/mol. The highest BCUT2D eigenvalue weighted by Crippen LogP contribution is 2.34. The van der Waals surface area contributed by atoms with Gasteiger partial charge < -0.3 is 9.42 Å². The summed E-state index contributed by atoms with van der Waals surface area (Å²) in [5.74, 6) is 1.39. The Balaban J connectivity index is 1.67. The molecular formula is C16H21N5O. The largest absolute Gasteiger partial charge is 0.366 e. The monoisotopic (exact) mass is 299 g/mol. The number of aryl methyl sites for hydroxylation is 1. The molecule has 6 nitrogen and oxygen atoms in total. The maximum absolute atomic E-state index is 5.38. The van der Waals surface area contributed by atoms with E-state index < -0.39 is 0 Å². The summed E-state index contributed by atoms with van der Waals surface area (Å²) in [6.07, 6.45) is 4.37. The van der Waals surface area contributed by atoms with E-state index in [1.807, 2.05) is 19.2 Å². The van der Waals surface area contributed by atoms with Crippen LogP contribution in [0.4, 0.5) is 5.69 Å². The molecule has 0 bridgehead atoms. The van der Waals surface area contributed by atoms with Gasteiger partial charge in [-0.3, -0.25) is 9.88 Å². The van der Waals surface area contributed by atoms with Crippen LogP contribution in [0.15, 0.2) is 22.9 Å². The Morgan fingerprint density at radius 3 is 3.14 bits per heavy atom. The van der Waals surface area contributed by atoms with Crippen molar-refractivity contribution in [3.05, 3.63) is 35.7 Å². The topological polar surface area (TPSA) is 58.3 Å². The lowest BCUT2D eigenvalue weighted by atomic mass is 10.2. The van der Waals surface area contributed by atoms with Gasteiger partial charge >= 0.3 is 0 Å². The summed E-state index contributed by atoms with van der Waals surface area (Å²) in [5.41, 5.74) is 2.44. The first kappa shape index (κ1) is 13.7. The number of rotatable bonds is 2. The van der Waals surface area contributed by atoms with Gasteiger partial charge in [-0.15, -0.1) is 0 Å². The second-order valence-electron chi connectivity index (χ2n) is 6.24. The van der Waals surface area contributed by atoms with Crippen molar-refractivity contribution in [2.24, 2.45) is 0 Å². The molecule has 2 aromatic rings. The van der Waals surface area contributed by atoms with E-state index >= 15 is 0 Å². The number of nitrogens with zero attached hydrogens (tertiary/aromatic N) is 5. The zero-order valence-electron chi connectivity index (χ0n) is 13.1. The van der Waals surface area contributed by atoms with Crippen LogP contribution >= 0.6 is 0 Å². The van der Waals surface area contributed by atoms with Crippen LogP contribution in [0.2, 0.25) is 0 Å². The molecule has 2 aliphatic rings. The molecule has 0 radical (unpaired) electrons. The Morgan fingerprint density at radius 1 is 1.41 bits per heavy atom. The Labute approximate surface area is 130 Å². The predicted octanol–water partition coefficient (Wildman–Crippen LogP) is 2.32. The van der Waals surface area contributed by atoms with Crippen LogP contribution in [0.3, 0.4) is 0 Å². The van der Waals surface area contributed by atoms with E-state index in [0.717, 1.165) is 25.3 Å². The van der Waals surface area contributed by atoms with Crippen LogP contribution in [0.25, 0.3) is 0 Å². The van der Waals surface area contributed by atoms with Gasteiger partial charge in [-0.05, 0) is 38.8 Å². The minimum Gasteiger partial charge on any atom is -0.366 e. The SMILES string of the molecule is Cc1noc(C(C)N2Cc3ncccc3N3CCC[C@H]3C2)n1. The second kappa shape index (κ2) is 5.35. The van der Waals surface area contributed by atoms with E-state index in [2.05, 4.69) is 37.9 Å². The highest BCUT2D eigenvalue weighted by Gasteiger charge is 2.34. The van der Waals surface area contributed by atoms with E-state index in [4.69, 9.17) is 4.52 Å². The van der Waals surface area contributed by atoms with Crippen molar-refractivity contribution in [3.8, 4) is 0 Å². The highest BCUT2D eigenvalue weighted by molar-refractivity contribution is 5.53. The molecule has 0 N–H and O–H groups in total. The van der Waals surface area contributed by atoms with Crippen LogP contribution < -0.4 is 4.90 Å². The number of aromatic nitrogens is 3. The zero-order valence-corrected chi connectivity index (χ0v) is 13.1. The van der Waals surface area contributed by atoms with Crippen molar-refractivity contribution in [1.82, 2.24) is 20.0 Å². The Kier molecular flexibility index (Phi) is 3.33. The first-order valence-electron chi connectivity index (χ1n) is 7.97. The Morgan fingerprint density at radius 2 is 2.32 bits per heavy atom. The molecule has 0 saturated carbocycles. The average molecular weight is 299 g/mol. The average Bonchev–Trinajstić information content (AvgIpc) is 3.12. The summed E-state index contributed by atoms with van der Waals surface area (Å²) in [6.45, 7) is 6.97. The van der Waals surface area contributed by atoms with Gasteiger partial charge in [-0.2, -0.15) is 4.98 Å². The quantitative estimate of drug-likeness (QED) is 0.848. The molecular weight excluding hydrogens is 278 g/mol. The van der Waals surface area contributed by atoms with Crippen LogP contribution in [-0.4, -0.2) is 39.2 Å². The van der Waals surface area contributed by atoms with Crippen LogP contribution in [0.1, 0.15) is 43.2 Å². The van der Waals surface area contributed by atoms with Crippen molar-refractivity contribution in [3.63, 3.8) is 0 Å². The molecule has 116 valence electrons. The third-order valence-electron chi connectivity index (χ3n) is 4.80. The maximum atomic E-state index is 5.38. The van der Waals surface area contributed by atoms with E-state index in [-0.39, 0.29) is 6.04 Å². The fraction of sp³-hybridized carbons (Fsp3) is 0.562. The fourth-order valence-corrected chi connectivity index (χ4v) is 3.62. The second-order valence-corrected chi connectivity index (χ2v) is 6.24. The lowest BCUT2D eigenvalue weighted by Gasteiger charge is -2.29. The van der Waals surface area contributed by atoms with Gasteiger partial charge in [0, 0.05) is 31.9 Å². The Hall–Kier alpha value is -1.95. The number of hydrogen-bond acceptors (Lipinski definition) is 6. The molecule has 1 unspecified atom stereocenters. The fourth-order valence-electron chi connectivity index (χ4n) is 3.62. The number of anilines is 1. The van der Waals surface area contributed by atoms with Gasteiger partial charge in [0.15, 0.2) is 5.82 Å². The first-order valence-corrected chi connectivity index (χ1v) is 7.97. The summed E-state index contributed by atoms with van der Waals surface area (Å²) in [5, 5.41) is 3.93. The number of pyridine rings is 1. The molecule has 2 atom stereocenters. The standard InChI is InChI=1S/C16H21N5O/c1-11(16-18-12(2)19-22-16)20-9-13-5-4-8-21(13)15-6-3-7-17-14(15)10-20/h3,6-7,11,13H,4-5,8-10H2,1-2H3/t11?,13-/m0/s1. The zero-order chi connectivity index (χ0) is 15.1. The maximum Gasteiger partial charge on any atom is 0.243 e. The van der Waals surface area contributed by atoms with Crippen molar-refractivity contribution in [2.45, 2.75) is 45.3 Å². The van der Waals surface area contributed by atoms with E-state index in [1.54, 1.807) is 0 Å². The molecule has 6 heteroatoms. The van der Waals surface area contributed by atoms with Crippen molar-refractivity contribution >= 4 is 5.69 Å². The van der Waals surface area contributed by atoms with Gasteiger partial charge in [-0.1, -0.05) is 5.16 Å². The van der Waals surface area contributed by atoms with Gasteiger partial charge in [0.05, 0.1) is 17.4 Å². The first-order chi connectivity index (χ1) is 10.7. The minimum atomic E-state index is 0.108. The minimum absolute atomic E-state index is 0.108. The third kappa shape index (κ3) is 2.27. The van der Waals surface area contributed by atoms with E-state index in [0.29, 0.717) is 17.8 Å². The van der Waals surface area contributed by atoms with Crippen molar-refractivity contribution in [2.75, 3.05) is 18.0 Å². The van der Waals surface area contributed by atoms with E-state index in [9.17, 15) is 0 Å². The molecule has 0 aromatic carbocycles. The smallest absolute Gasteiger partial charge is 0.243 e. The summed E-state index contributed by atoms with van der Waals surface area (Å²) in [7, 11) is 0. The normalized spacial score (nSPS) is 23.0. The van der Waals surface area contributed by atoms with Crippen molar-refractivity contribution < 1.29 is 4.52 Å². The molecule has 1 fully saturated rings. The van der Waals surface area contributed by atoms with Gasteiger partial charge in [0.1, 0.15) is 0 Å². The Bertz CT molecular complexity index is 670. The molecule has 0 amide bonds. The van der Waals surface area contributed by atoms with Crippen LogP contribution in [0, 0.1) is 6.92 Å². The highest BCUT2D eigenvalue weighted by atomic mass is 16.5. The molecule has 4 rings (SSSR count). The number of fused-ring (bicyclic) bond motifs is 3. The summed E-state index contributed by atoms with van der Waals surface area (Å²) in [4.78, 5) is 14.0. The summed E-state index contributed by atoms with van der Waals surface area (Å²) < 4.78 is 5.38. The molecule has 0 spiro atoms. The third-order valence-corrected chi connectivity index (χ3v) is 4.80. The van der Waals surface area contributed by atoms with Crippen molar-refractivity contribution in [1.29, 1.82) is 0 Å². The van der Waals surface area contributed by atoms with Gasteiger partial charge in [-0.25, -0.2) is 0 Å². The van der Waals surface area contributed by atoms with Crippen LogP contribution in [0.5, 0.6) is 0 Å². The summed E-state index contributed by atoms with van der Waals surface area (Å²) in [6, 6.07) is 4.90. The number of hydrogen-bond donors (Lipinski definition) is 0. The van der Waals surface area contributed by atoms with E-state index in [1.165, 1.54) is 18.5 Å². The molecule has 0 aliphatic carbocycles. The molecule has 22 heavy (non-hydrogen) atoms. The molecule has 4 heterocycles. The van der Waals surface area contributed by atoms with Gasteiger partial charge in [0.25, 0.3) is 0 Å². The lowest BCUT2D eigenvalue weighted by Crippen LogP contribution is -2.38. The lowest BCUT2D eigenvalue weighted by molar-refractivity contribution is 0.158. The molecule has 2 aliphatic heterocycles.